The highest BCUT2D eigenvalue weighted by atomic mass is 16.5. The molecular weight excluding hydrogens is 338 g/mol. The molecule has 0 bridgehead atoms. The maximum atomic E-state index is 8.81. The quantitative estimate of drug-likeness (QED) is 0.232. The van der Waals surface area contributed by atoms with Crippen LogP contribution in [-0.2, 0) is 9.47 Å². The normalized spacial score (nSPS) is 10.7. The summed E-state index contributed by atoms with van der Waals surface area (Å²) >= 11 is 0. The van der Waals surface area contributed by atoms with Crippen molar-refractivity contribution < 1.29 is 24.1 Å². The van der Waals surface area contributed by atoms with Gasteiger partial charge in [-0.15, -0.1) is 0 Å². The number of azide groups is 1. The van der Waals surface area contributed by atoms with Gasteiger partial charge < -0.3 is 24.1 Å². The Bertz CT molecular complexity index is 574. The van der Waals surface area contributed by atoms with E-state index in [9.17, 15) is 0 Å². The van der Waals surface area contributed by atoms with Crippen molar-refractivity contribution in [2.24, 2.45) is 5.11 Å². The monoisotopic (exact) mass is 367 g/mol. The lowest BCUT2D eigenvalue weighted by Crippen LogP contribution is -2.11. The molecular formula is C18H29N3O5. The molecule has 0 saturated carbocycles. The third-order valence-electron chi connectivity index (χ3n) is 3.42. The first kappa shape index (κ1) is 22.1. The maximum absolute atomic E-state index is 8.81. The van der Waals surface area contributed by atoms with Crippen LogP contribution in [0.15, 0.2) is 17.2 Å². The first-order valence-electron chi connectivity index (χ1n) is 8.89. The summed E-state index contributed by atoms with van der Waals surface area (Å²) in [5.41, 5.74) is 10.2. The Morgan fingerprint density at radius 1 is 1.00 bits per heavy atom. The van der Waals surface area contributed by atoms with Crippen molar-refractivity contribution in [3.63, 3.8) is 0 Å². The molecule has 0 aromatic heterocycles. The van der Waals surface area contributed by atoms with Crippen LogP contribution in [-0.4, -0.2) is 51.4 Å². The van der Waals surface area contributed by atoms with Crippen LogP contribution < -0.4 is 9.47 Å². The first-order valence-corrected chi connectivity index (χ1v) is 8.89. The number of hydrogen-bond donors (Lipinski definition) is 1. The Morgan fingerprint density at radius 3 is 2.23 bits per heavy atom. The maximum Gasteiger partial charge on any atom is 0.132 e. The zero-order valence-corrected chi connectivity index (χ0v) is 15.8. The van der Waals surface area contributed by atoms with Gasteiger partial charge >= 0.3 is 0 Å². The van der Waals surface area contributed by atoms with E-state index in [1.807, 2.05) is 13.8 Å². The molecule has 146 valence electrons. The number of hydrogen-bond acceptors (Lipinski definition) is 6. The van der Waals surface area contributed by atoms with Gasteiger partial charge in [0.25, 0.3) is 0 Å². The van der Waals surface area contributed by atoms with E-state index in [0.717, 1.165) is 12.0 Å². The Balaban J connectivity index is 2.87. The summed E-state index contributed by atoms with van der Waals surface area (Å²) in [6.45, 7) is 8.60. The molecule has 0 atom stereocenters. The van der Waals surface area contributed by atoms with Gasteiger partial charge in [-0.3, -0.25) is 0 Å². The highest BCUT2D eigenvalue weighted by Gasteiger charge is 2.14. The second kappa shape index (κ2) is 13.2. The summed E-state index contributed by atoms with van der Waals surface area (Å²) in [6, 6.07) is 3.53. The van der Waals surface area contributed by atoms with Gasteiger partial charge in [-0.1, -0.05) is 25.9 Å². The van der Waals surface area contributed by atoms with Crippen LogP contribution in [0.1, 0.15) is 38.7 Å². The van der Waals surface area contributed by atoms with Crippen LogP contribution in [0.5, 0.6) is 11.5 Å². The first-order chi connectivity index (χ1) is 12.6. The fourth-order valence-electron chi connectivity index (χ4n) is 2.22. The molecule has 1 aromatic rings. The highest BCUT2D eigenvalue weighted by Crippen LogP contribution is 2.38. The molecule has 0 aliphatic heterocycles. The smallest absolute Gasteiger partial charge is 0.132 e. The fourth-order valence-corrected chi connectivity index (χ4v) is 2.22. The molecule has 8 nitrogen and oxygen atoms in total. The Hall–Kier alpha value is -1.99. The standard InChI is InChI=1S/C18H29N3O5/c1-4-6-23-8-10-25-17-13-18(26-11-9-24-7-5-22)16(20-21-19)12-15(17)14(2)3/h12-14,22H,4-11H2,1-3H3. The van der Waals surface area contributed by atoms with Gasteiger partial charge in [-0.05, 0) is 29.5 Å². The third kappa shape index (κ3) is 7.93. The highest BCUT2D eigenvalue weighted by molar-refractivity contribution is 5.59. The van der Waals surface area contributed by atoms with Crippen LogP contribution in [0.3, 0.4) is 0 Å². The number of rotatable bonds is 14. The van der Waals surface area contributed by atoms with E-state index in [2.05, 4.69) is 16.9 Å². The number of benzene rings is 1. The molecule has 1 N–H and O–H groups in total. The molecule has 1 aromatic carbocycles. The van der Waals surface area contributed by atoms with E-state index in [1.165, 1.54) is 0 Å². The van der Waals surface area contributed by atoms with Crippen LogP contribution in [0, 0.1) is 0 Å². The number of aliphatic hydroxyl groups excluding tert-OH is 1. The second-order valence-corrected chi connectivity index (χ2v) is 5.85. The van der Waals surface area contributed by atoms with Crippen molar-refractivity contribution in [1.29, 1.82) is 0 Å². The molecule has 0 saturated heterocycles. The topological polar surface area (TPSA) is 106 Å². The Morgan fingerprint density at radius 2 is 1.65 bits per heavy atom. The molecule has 0 aliphatic rings. The minimum absolute atomic E-state index is 0.0366. The average Bonchev–Trinajstić information content (AvgIpc) is 2.62. The molecule has 0 radical (unpaired) electrons. The van der Waals surface area contributed by atoms with E-state index in [1.54, 1.807) is 12.1 Å². The summed E-state index contributed by atoms with van der Waals surface area (Å²) in [6.07, 6.45) is 0.967. The average molecular weight is 367 g/mol. The largest absolute Gasteiger partial charge is 0.491 e. The van der Waals surface area contributed by atoms with Crippen LogP contribution in [0.2, 0.25) is 0 Å². The van der Waals surface area contributed by atoms with Crippen LogP contribution >= 0.6 is 0 Å². The Labute approximate surface area is 154 Å². The molecule has 0 unspecified atom stereocenters. The summed E-state index contributed by atoms with van der Waals surface area (Å²) in [7, 11) is 0. The summed E-state index contributed by atoms with van der Waals surface area (Å²) in [5.74, 6) is 1.31. The number of ether oxygens (including phenoxy) is 4. The van der Waals surface area contributed by atoms with Gasteiger partial charge in [0.15, 0.2) is 0 Å². The van der Waals surface area contributed by atoms with Crippen LogP contribution in [0.25, 0.3) is 10.4 Å². The van der Waals surface area contributed by atoms with Crippen molar-refractivity contribution in [3.8, 4) is 11.5 Å². The molecule has 0 heterocycles. The minimum Gasteiger partial charge on any atom is -0.491 e. The summed E-state index contributed by atoms with van der Waals surface area (Å²) < 4.78 is 22.1. The molecule has 1 rings (SSSR count). The molecule has 0 fully saturated rings. The molecule has 8 heteroatoms. The summed E-state index contributed by atoms with van der Waals surface area (Å²) in [4.78, 5) is 2.87. The van der Waals surface area contributed by atoms with Crippen molar-refractivity contribution in [2.75, 3.05) is 46.2 Å². The van der Waals surface area contributed by atoms with Crippen molar-refractivity contribution in [3.05, 3.63) is 28.1 Å². The van der Waals surface area contributed by atoms with Crippen molar-refractivity contribution >= 4 is 5.69 Å². The van der Waals surface area contributed by atoms with Gasteiger partial charge in [0.1, 0.15) is 24.7 Å². The number of nitrogens with zero attached hydrogens (tertiary/aromatic N) is 3. The number of aliphatic hydroxyl groups is 1. The second-order valence-electron chi connectivity index (χ2n) is 5.85. The lowest BCUT2D eigenvalue weighted by molar-refractivity contribution is 0.0705. The van der Waals surface area contributed by atoms with Gasteiger partial charge in [-0.2, -0.15) is 0 Å². The van der Waals surface area contributed by atoms with Gasteiger partial charge in [-0.25, -0.2) is 0 Å². The minimum atomic E-state index is -0.0366. The van der Waals surface area contributed by atoms with E-state index in [-0.39, 0.29) is 25.7 Å². The lowest BCUT2D eigenvalue weighted by atomic mass is 10.0. The Kier molecular flexibility index (Phi) is 11.2. The SMILES string of the molecule is CCCOCCOc1cc(OCCOCCO)c(N=[N+]=[N-])cc1C(C)C. The molecule has 26 heavy (non-hydrogen) atoms. The summed E-state index contributed by atoms with van der Waals surface area (Å²) in [5, 5.41) is 12.4. The lowest BCUT2D eigenvalue weighted by Gasteiger charge is -2.18. The molecule has 0 aliphatic carbocycles. The predicted octanol–water partition coefficient (Wildman–Crippen LogP) is 3.94. The van der Waals surface area contributed by atoms with E-state index in [4.69, 9.17) is 29.6 Å². The zero-order chi connectivity index (χ0) is 19.2. The fraction of sp³-hybridized carbons (Fsp3) is 0.667. The van der Waals surface area contributed by atoms with Gasteiger partial charge in [0.2, 0.25) is 0 Å². The van der Waals surface area contributed by atoms with E-state index in [0.29, 0.717) is 43.6 Å². The molecule has 0 amide bonds. The van der Waals surface area contributed by atoms with Crippen molar-refractivity contribution in [2.45, 2.75) is 33.1 Å². The van der Waals surface area contributed by atoms with Gasteiger partial charge in [0.05, 0.1) is 32.1 Å². The van der Waals surface area contributed by atoms with E-state index >= 15 is 0 Å². The van der Waals surface area contributed by atoms with Gasteiger partial charge in [0, 0.05) is 17.6 Å². The van der Waals surface area contributed by atoms with Crippen LogP contribution in [0.4, 0.5) is 5.69 Å². The van der Waals surface area contributed by atoms with Crippen molar-refractivity contribution in [1.82, 2.24) is 0 Å². The zero-order valence-electron chi connectivity index (χ0n) is 15.8. The van der Waals surface area contributed by atoms with E-state index < -0.39 is 0 Å². The molecule has 0 spiro atoms. The predicted molar refractivity (Wildman–Crippen MR) is 99.3 cm³/mol. The third-order valence-corrected chi connectivity index (χ3v) is 3.42.